The second-order valence-electron chi connectivity index (χ2n) is 8.26. The van der Waals surface area contributed by atoms with Crippen molar-refractivity contribution in [3.63, 3.8) is 0 Å². The number of nitrogens with two attached hydrogens (primary N) is 2. The first kappa shape index (κ1) is 30.8. The number of amides is 4. The standard InChI is InChI=1S/C22H31N5O10/c1-10(28)18(24)21(35)27-14(8-11-2-4-12(29)5-3-11)19(33)26-15(9-17(31)32)20(34)25-13(22(36)37)6-7-16(23)30/h2-5,10,13-15,18,28-29H,6-9,24H2,1H3,(H2,23,30)(H,25,34)(H,26,33)(H,27,35)(H,31,32)(H,36,37). The van der Waals surface area contributed by atoms with Gasteiger partial charge in [-0.25, -0.2) is 4.79 Å². The van der Waals surface area contributed by atoms with Crippen molar-refractivity contribution < 1.29 is 49.2 Å². The Morgan fingerprint density at radius 1 is 0.865 bits per heavy atom. The van der Waals surface area contributed by atoms with Gasteiger partial charge in [0, 0.05) is 12.8 Å². The molecule has 11 N–H and O–H groups in total. The summed E-state index contributed by atoms with van der Waals surface area (Å²) in [6, 6.07) is -0.610. The van der Waals surface area contributed by atoms with E-state index < -0.39 is 72.3 Å². The number of carbonyl (C=O) groups excluding carboxylic acids is 4. The lowest BCUT2D eigenvalue weighted by Gasteiger charge is -2.25. The molecule has 0 aliphatic carbocycles. The van der Waals surface area contributed by atoms with Crippen molar-refractivity contribution in [1.82, 2.24) is 16.0 Å². The Morgan fingerprint density at radius 3 is 1.86 bits per heavy atom. The molecule has 1 rings (SSSR count). The minimum atomic E-state index is -1.76. The number of aliphatic carboxylic acids is 2. The molecule has 0 heterocycles. The smallest absolute Gasteiger partial charge is 0.326 e. The van der Waals surface area contributed by atoms with Crippen molar-refractivity contribution in [2.24, 2.45) is 11.5 Å². The van der Waals surface area contributed by atoms with Crippen LogP contribution in [0.1, 0.15) is 31.7 Å². The summed E-state index contributed by atoms with van der Waals surface area (Å²) in [5.41, 5.74) is 11.1. The summed E-state index contributed by atoms with van der Waals surface area (Å²) in [6.45, 7) is 1.25. The number of carboxylic acids is 2. The molecule has 1 aromatic rings. The predicted molar refractivity (Wildman–Crippen MR) is 126 cm³/mol. The van der Waals surface area contributed by atoms with Crippen LogP contribution in [0.25, 0.3) is 0 Å². The van der Waals surface area contributed by atoms with Crippen LogP contribution in [0, 0.1) is 0 Å². The molecule has 4 amide bonds. The van der Waals surface area contributed by atoms with E-state index >= 15 is 0 Å². The monoisotopic (exact) mass is 525 g/mol. The van der Waals surface area contributed by atoms with Gasteiger partial charge in [0.15, 0.2) is 0 Å². The van der Waals surface area contributed by atoms with Crippen LogP contribution in [-0.2, 0) is 35.2 Å². The van der Waals surface area contributed by atoms with Gasteiger partial charge in [0.2, 0.25) is 23.6 Å². The average molecular weight is 526 g/mol. The summed E-state index contributed by atoms with van der Waals surface area (Å²) in [4.78, 5) is 71.8. The maximum Gasteiger partial charge on any atom is 0.326 e. The molecule has 5 unspecified atom stereocenters. The first-order chi connectivity index (χ1) is 17.2. The first-order valence-corrected chi connectivity index (χ1v) is 11.1. The molecule has 0 aliphatic heterocycles. The van der Waals surface area contributed by atoms with E-state index in [-0.39, 0.29) is 25.0 Å². The van der Waals surface area contributed by atoms with E-state index in [1.54, 1.807) is 0 Å². The van der Waals surface area contributed by atoms with E-state index in [1.807, 2.05) is 0 Å². The fourth-order valence-corrected chi connectivity index (χ4v) is 3.04. The molecule has 0 aliphatic rings. The van der Waals surface area contributed by atoms with Gasteiger partial charge in [0.1, 0.15) is 29.9 Å². The van der Waals surface area contributed by atoms with Crippen LogP contribution in [0.15, 0.2) is 24.3 Å². The Labute approximate surface area is 211 Å². The Bertz CT molecular complexity index is 998. The van der Waals surface area contributed by atoms with E-state index in [0.29, 0.717) is 5.56 Å². The number of aliphatic hydroxyl groups excluding tert-OH is 1. The molecule has 204 valence electrons. The normalized spacial score (nSPS) is 14.8. The lowest BCUT2D eigenvalue weighted by molar-refractivity contribution is -0.144. The van der Waals surface area contributed by atoms with E-state index in [1.165, 1.54) is 31.2 Å². The van der Waals surface area contributed by atoms with Crippen LogP contribution in [0.5, 0.6) is 5.75 Å². The number of phenolic OH excluding ortho intramolecular Hbond substituents is 1. The minimum Gasteiger partial charge on any atom is -0.508 e. The highest BCUT2D eigenvalue weighted by atomic mass is 16.4. The maximum atomic E-state index is 13.0. The summed E-state index contributed by atoms with van der Waals surface area (Å²) in [7, 11) is 0. The topological polar surface area (TPSA) is 271 Å². The van der Waals surface area contributed by atoms with Crippen LogP contribution >= 0.6 is 0 Å². The third-order valence-electron chi connectivity index (χ3n) is 5.14. The molecule has 1 aromatic carbocycles. The number of carboxylic acid groups (broad SMARTS) is 2. The molecule has 37 heavy (non-hydrogen) atoms. The van der Waals surface area contributed by atoms with E-state index in [4.69, 9.17) is 11.5 Å². The molecule has 0 fully saturated rings. The molecular weight excluding hydrogens is 494 g/mol. The number of carbonyl (C=O) groups is 6. The molecule has 0 spiro atoms. The summed E-state index contributed by atoms with van der Waals surface area (Å²) in [5, 5.41) is 44.1. The van der Waals surface area contributed by atoms with Crippen LogP contribution in [0.4, 0.5) is 0 Å². The Hall–Kier alpha value is -4.24. The number of nitrogens with one attached hydrogen (secondary N) is 3. The maximum absolute atomic E-state index is 13.0. The van der Waals surface area contributed by atoms with Crippen molar-refractivity contribution in [3.8, 4) is 5.75 Å². The highest BCUT2D eigenvalue weighted by Crippen LogP contribution is 2.12. The van der Waals surface area contributed by atoms with Gasteiger partial charge in [-0.15, -0.1) is 0 Å². The molecular formula is C22H31N5O10. The number of rotatable bonds is 15. The third-order valence-corrected chi connectivity index (χ3v) is 5.14. The number of benzene rings is 1. The van der Waals surface area contributed by atoms with E-state index in [0.717, 1.165) is 0 Å². The highest BCUT2D eigenvalue weighted by molar-refractivity contribution is 5.95. The van der Waals surface area contributed by atoms with Crippen molar-refractivity contribution in [2.75, 3.05) is 0 Å². The first-order valence-electron chi connectivity index (χ1n) is 11.1. The van der Waals surface area contributed by atoms with Crippen molar-refractivity contribution in [2.45, 2.75) is 62.9 Å². The average Bonchev–Trinajstić information content (AvgIpc) is 2.80. The number of phenols is 1. The highest BCUT2D eigenvalue weighted by Gasteiger charge is 2.32. The zero-order valence-corrected chi connectivity index (χ0v) is 19.9. The number of hydrogen-bond donors (Lipinski definition) is 9. The van der Waals surface area contributed by atoms with Crippen molar-refractivity contribution in [3.05, 3.63) is 29.8 Å². The Balaban J connectivity index is 3.14. The quantitative estimate of drug-likeness (QED) is 0.111. The third kappa shape index (κ3) is 10.9. The molecule has 0 saturated carbocycles. The summed E-state index contributed by atoms with van der Waals surface area (Å²) in [5.74, 6) is -6.98. The number of hydrogen-bond acceptors (Lipinski definition) is 9. The fraction of sp³-hybridized carbons (Fsp3) is 0.455. The second kappa shape index (κ2) is 14.4. The summed E-state index contributed by atoms with van der Waals surface area (Å²) in [6.07, 6.45) is -3.14. The predicted octanol–water partition coefficient (Wildman–Crippen LogP) is -3.08. The second-order valence-corrected chi connectivity index (χ2v) is 8.26. The number of aliphatic hydroxyl groups is 1. The van der Waals surface area contributed by atoms with Gasteiger partial charge in [0.05, 0.1) is 12.5 Å². The zero-order valence-electron chi connectivity index (χ0n) is 19.9. The largest absolute Gasteiger partial charge is 0.508 e. The summed E-state index contributed by atoms with van der Waals surface area (Å²) < 4.78 is 0. The van der Waals surface area contributed by atoms with Crippen molar-refractivity contribution in [1.29, 1.82) is 0 Å². The molecule has 5 atom stereocenters. The number of aromatic hydroxyl groups is 1. The van der Waals surface area contributed by atoms with Gasteiger partial charge >= 0.3 is 11.9 Å². The lowest BCUT2D eigenvalue weighted by atomic mass is 10.0. The van der Waals surface area contributed by atoms with Crippen LogP contribution in [0.2, 0.25) is 0 Å². The van der Waals surface area contributed by atoms with E-state index in [9.17, 15) is 49.2 Å². The minimum absolute atomic E-state index is 0.0626. The van der Waals surface area contributed by atoms with Gasteiger partial charge < -0.3 is 47.8 Å². The van der Waals surface area contributed by atoms with Gasteiger partial charge in [-0.05, 0) is 31.0 Å². The van der Waals surface area contributed by atoms with Crippen LogP contribution in [0.3, 0.4) is 0 Å². The SMILES string of the molecule is CC(O)C(N)C(=O)NC(Cc1ccc(O)cc1)C(=O)NC(CC(=O)O)C(=O)NC(CCC(N)=O)C(=O)O. The molecule has 0 aromatic heterocycles. The lowest BCUT2D eigenvalue weighted by Crippen LogP contribution is -2.59. The fourth-order valence-electron chi connectivity index (χ4n) is 3.04. The van der Waals surface area contributed by atoms with Gasteiger partial charge in [-0.3, -0.25) is 24.0 Å². The van der Waals surface area contributed by atoms with Gasteiger partial charge in [0.25, 0.3) is 0 Å². The van der Waals surface area contributed by atoms with Crippen molar-refractivity contribution >= 4 is 35.6 Å². The molecule has 15 nitrogen and oxygen atoms in total. The number of primary amides is 1. The molecule has 15 heteroatoms. The Kier molecular flexibility index (Phi) is 11.9. The molecule has 0 radical (unpaired) electrons. The van der Waals surface area contributed by atoms with Crippen LogP contribution < -0.4 is 27.4 Å². The zero-order chi connectivity index (χ0) is 28.3. The van der Waals surface area contributed by atoms with Gasteiger partial charge in [-0.2, -0.15) is 0 Å². The molecule has 0 saturated heterocycles. The molecule has 0 bridgehead atoms. The van der Waals surface area contributed by atoms with Crippen LogP contribution in [-0.4, -0.2) is 86.3 Å². The Morgan fingerprint density at radius 2 is 1.38 bits per heavy atom. The van der Waals surface area contributed by atoms with E-state index in [2.05, 4.69) is 16.0 Å². The van der Waals surface area contributed by atoms with Gasteiger partial charge in [-0.1, -0.05) is 12.1 Å². The summed E-state index contributed by atoms with van der Waals surface area (Å²) >= 11 is 0.